The lowest BCUT2D eigenvalue weighted by Gasteiger charge is -2.17. The predicted molar refractivity (Wildman–Crippen MR) is 110 cm³/mol. The standard InChI is InChI=1S/C22H28N2O5/c1-14-9-11-24(12-10-15-7-8-18(28-2)19(13-15)29-3)22(27)20(14)21(26)23-16-5-4-6-17(16)25/h7-9,11,13,16-17,25H,4-6,10,12H2,1-3H3,(H,23,26)/t16-,17-/m0/s1. The van der Waals surface area contributed by atoms with Crippen LogP contribution < -0.4 is 20.3 Å². The molecule has 0 saturated heterocycles. The predicted octanol–water partition coefficient (Wildman–Crippen LogP) is 2.06. The fourth-order valence-corrected chi connectivity index (χ4v) is 3.75. The summed E-state index contributed by atoms with van der Waals surface area (Å²) in [5, 5.41) is 12.8. The zero-order chi connectivity index (χ0) is 21.0. The summed E-state index contributed by atoms with van der Waals surface area (Å²) < 4.78 is 12.1. The third kappa shape index (κ3) is 4.62. The van der Waals surface area contributed by atoms with Crippen LogP contribution in [0.1, 0.15) is 40.7 Å². The number of aliphatic hydroxyl groups is 1. The Morgan fingerprint density at radius 3 is 2.62 bits per heavy atom. The molecule has 1 aliphatic carbocycles. The molecule has 0 radical (unpaired) electrons. The molecule has 156 valence electrons. The summed E-state index contributed by atoms with van der Waals surface area (Å²) in [5.74, 6) is 0.868. The van der Waals surface area contributed by atoms with Crippen molar-refractivity contribution in [1.82, 2.24) is 9.88 Å². The maximum absolute atomic E-state index is 12.9. The van der Waals surface area contributed by atoms with Gasteiger partial charge in [-0.05, 0) is 61.9 Å². The first-order valence-corrected chi connectivity index (χ1v) is 9.84. The van der Waals surface area contributed by atoms with Crippen molar-refractivity contribution in [2.24, 2.45) is 0 Å². The number of benzene rings is 1. The first kappa shape index (κ1) is 20.9. The molecule has 0 bridgehead atoms. The maximum Gasteiger partial charge on any atom is 0.263 e. The number of hydrogen-bond acceptors (Lipinski definition) is 5. The van der Waals surface area contributed by atoms with Gasteiger partial charge in [0.15, 0.2) is 11.5 Å². The Labute approximate surface area is 170 Å². The Kier molecular flexibility index (Phi) is 6.59. The SMILES string of the molecule is COc1ccc(CCn2ccc(C)c(C(=O)N[C@H]3CCC[C@@H]3O)c2=O)cc1OC. The van der Waals surface area contributed by atoms with Crippen molar-refractivity contribution in [3.63, 3.8) is 0 Å². The molecule has 0 spiro atoms. The highest BCUT2D eigenvalue weighted by molar-refractivity contribution is 5.95. The topological polar surface area (TPSA) is 89.8 Å². The quantitative estimate of drug-likeness (QED) is 0.743. The Balaban J connectivity index is 1.76. The van der Waals surface area contributed by atoms with Gasteiger partial charge in [0, 0.05) is 12.7 Å². The highest BCUT2D eigenvalue weighted by Crippen LogP contribution is 2.27. The molecule has 29 heavy (non-hydrogen) atoms. The first-order chi connectivity index (χ1) is 13.9. The van der Waals surface area contributed by atoms with Crippen LogP contribution in [0.15, 0.2) is 35.3 Å². The van der Waals surface area contributed by atoms with Gasteiger partial charge >= 0.3 is 0 Å². The van der Waals surface area contributed by atoms with Crippen LogP contribution >= 0.6 is 0 Å². The fourth-order valence-electron chi connectivity index (χ4n) is 3.75. The molecule has 1 fully saturated rings. The molecule has 1 heterocycles. The van der Waals surface area contributed by atoms with Gasteiger partial charge in [-0.15, -0.1) is 0 Å². The lowest BCUT2D eigenvalue weighted by molar-refractivity contribution is 0.0870. The van der Waals surface area contributed by atoms with Gasteiger partial charge in [-0.2, -0.15) is 0 Å². The van der Waals surface area contributed by atoms with E-state index in [2.05, 4.69) is 5.32 Å². The molecule has 3 rings (SSSR count). The van der Waals surface area contributed by atoms with Gasteiger partial charge in [0.25, 0.3) is 11.5 Å². The highest BCUT2D eigenvalue weighted by Gasteiger charge is 2.28. The van der Waals surface area contributed by atoms with Crippen LogP contribution in [0.2, 0.25) is 0 Å². The summed E-state index contributed by atoms with van der Waals surface area (Å²) in [4.78, 5) is 25.6. The van der Waals surface area contributed by atoms with Gasteiger partial charge in [0.2, 0.25) is 0 Å². The summed E-state index contributed by atoms with van der Waals surface area (Å²) >= 11 is 0. The monoisotopic (exact) mass is 400 g/mol. The van der Waals surface area contributed by atoms with Crippen LogP contribution in [0.3, 0.4) is 0 Å². The van der Waals surface area contributed by atoms with E-state index >= 15 is 0 Å². The number of pyridine rings is 1. The lowest BCUT2D eigenvalue weighted by Crippen LogP contribution is -2.43. The average Bonchev–Trinajstić information content (AvgIpc) is 3.11. The molecule has 1 aromatic carbocycles. The number of aliphatic hydroxyl groups excluding tert-OH is 1. The second-order valence-electron chi connectivity index (χ2n) is 7.39. The summed E-state index contributed by atoms with van der Waals surface area (Å²) in [6, 6.07) is 7.12. The third-order valence-electron chi connectivity index (χ3n) is 5.49. The summed E-state index contributed by atoms with van der Waals surface area (Å²) in [7, 11) is 3.17. The van der Waals surface area contributed by atoms with Crippen molar-refractivity contribution in [2.45, 2.75) is 51.3 Å². The number of carbonyl (C=O) groups is 1. The minimum atomic E-state index is -0.546. The van der Waals surface area contributed by atoms with E-state index in [-0.39, 0.29) is 17.2 Å². The molecular weight excluding hydrogens is 372 g/mol. The highest BCUT2D eigenvalue weighted by atomic mass is 16.5. The molecule has 0 aliphatic heterocycles. The number of aryl methyl sites for hydroxylation is 3. The largest absolute Gasteiger partial charge is 0.493 e. The molecular formula is C22H28N2O5. The second-order valence-corrected chi connectivity index (χ2v) is 7.39. The first-order valence-electron chi connectivity index (χ1n) is 9.84. The van der Waals surface area contributed by atoms with E-state index in [0.717, 1.165) is 18.4 Å². The van der Waals surface area contributed by atoms with Gasteiger partial charge in [0.05, 0.1) is 26.4 Å². The van der Waals surface area contributed by atoms with E-state index in [4.69, 9.17) is 9.47 Å². The number of carbonyl (C=O) groups excluding carboxylic acids is 1. The fraction of sp³-hybridized carbons (Fsp3) is 0.455. The van der Waals surface area contributed by atoms with Gasteiger partial charge < -0.3 is 24.5 Å². The van der Waals surface area contributed by atoms with Crippen LogP contribution in [-0.2, 0) is 13.0 Å². The molecule has 1 aliphatic rings. The number of methoxy groups -OCH3 is 2. The molecule has 1 amide bonds. The Morgan fingerprint density at radius 1 is 1.21 bits per heavy atom. The number of aromatic nitrogens is 1. The molecule has 2 atom stereocenters. The Bertz CT molecular complexity index is 937. The van der Waals surface area contributed by atoms with Crippen molar-refractivity contribution in [3.8, 4) is 11.5 Å². The number of amides is 1. The smallest absolute Gasteiger partial charge is 0.263 e. The van der Waals surface area contributed by atoms with Crippen molar-refractivity contribution >= 4 is 5.91 Å². The second kappa shape index (κ2) is 9.13. The van der Waals surface area contributed by atoms with Crippen molar-refractivity contribution in [2.75, 3.05) is 14.2 Å². The average molecular weight is 400 g/mol. The third-order valence-corrected chi connectivity index (χ3v) is 5.49. The lowest BCUT2D eigenvalue weighted by atomic mass is 10.1. The summed E-state index contributed by atoms with van der Waals surface area (Å²) in [6.45, 7) is 2.18. The van der Waals surface area contributed by atoms with Crippen LogP contribution in [0.25, 0.3) is 0 Å². The summed E-state index contributed by atoms with van der Waals surface area (Å²) in [5.41, 5.74) is 1.44. The Hall–Kier alpha value is -2.80. The maximum atomic E-state index is 12.9. The minimum absolute atomic E-state index is 0.138. The molecule has 2 aromatic rings. The van der Waals surface area contributed by atoms with E-state index in [1.165, 1.54) is 0 Å². The zero-order valence-electron chi connectivity index (χ0n) is 17.1. The van der Waals surface area contributed by atoms with Crippen LogP contribution in [-0.4, -0.2) is 41.9 Å². The van der Waals surface area contributed by atoms with Crippen LogP contribution in [0.5, 0.6) is 11.5 Å². The van der Waals surface area contributed by atoms with Gasteiger partial charge in [-0.3, -0.25) is 9.59 Å². The van der Waals surface area contributed by atoms with E-state index in [0.29, 0.717) is 36.4 Å². The molecule has 1 saturated carbocycles. The van der Waals surface area contributed by atoms with Crippen molar-refractivity contribution < 1.29 is 19.4 Å². The summed E-state index contributed by atoms with van der Waals surface area (Å²) in [6.07, 6.45) is 4.04. The molecule has 0 unspecified atom stereocenters. The number of ether oxygens (including phenoxy) is 2. The Morgan fingerprint density at radius 2 is 1.97 bits per heavy atom. The van der Waals surface area contributed by atoms with Gasteiger partial charge in [-0.1, -0.05) is 6.07 Å². The molecule has 7 nitrogen and oxygen atoms in total. The van der Waals surface area contributed by atoms with Crippen molar-refractivity contribution in [1.29, 1.82) is 0 Å². The molecule has 1 aromatic heterocycles. The van der Waals surface area contributed by atoms with E-state index in [9.17, 15) is 14.7 Å². The minimum Gasteiger partial charge on any atom is -0.493 e. The number of nitrogens with zero attached hydrogens (tertiary/aromatic N) is 1. The normalized spacial score (nSPS) is 18.5. The number of hydrogen-bond donors (Lipinski definition) is 2. The van der Waals surface area contributed by atoms with Gasteiger partial charge in [0.1, 0.15) is 5.56 Å². The van der Waals surface area contributed by atoms with E-state index < -0.39 is 12.0 Å². The van der Waals surface area contributed by atoms with Crippen molar-refractivity contribution in [3.05, 3.63) is 57.5 Å². The number of rotatable bonds is 7. The van der Waals surface area contributed by atoms with E-state index in [1.807, 2.05) is 18.2 Å². The zero-order valence-corrected chi connectivity index (χ0v) is 17.1. The van der Waals surface area contributed by atoms with Gasteiger partial charge in [-0.25, -0.2) is 0 Å². The van der Waals surface area contributed by atoms with E-state index in [1.54, 1.807) is 38.0 Å². The molecule has 7 heteroatoms. The van der Waals surface area contributed by atoms with Crippen LogP contribution in [0, 0.1) is 6.92 Å². The number of nitrogens with one attached hydrogen (secondary N) is 1. The van der Waals surface area contributed by atoms with Crippen LogP contribution in [0.4, 0.5) is 0 Å². The molecule has 2 N–H and O–H groups in total.